The molecule has 1 aliphatic rings. The molecule has 0 amide bonds. The van der Waals surface area contributed by atoms with E-state index in [2.05, 4.69) is 34.5 Å². The van der Waals surface area contributed by atoms with Gasteiger partial charge in [0.15, 0.2) is 11.5 Å². The molecule has 0 bridgehead atoms. The Morgan fingerprint density at radius 1 is 1.00 bits per heavy atom. The van der Waals surface area contributed by atoms with Crippen LogP contribution in [0, 0.1) is 13.8 Å². The summed E-state index contributed by atoms with van der Waals surface area (Å²) in [5.41, 5.74) is 0.784. The summed E-state index contributed by atoms with van der Waals surface area (Å²) in [7, 11) is 0. The lowest BCUT2D eigenvalue weighted by Crippen LogP contribution is -2.31. The molecule has 0 saturated carbocycles. The topological polar surface area (TPSA) is 75.3 Å². The molecular weight excluding hydrogens is 312 g/mol. The second kappa shape index (κ2) is 5.73. The number of aryl methyl sites for hydroxylation is 2. The molecule has 1 saturated heterocycles. The van der Waals surface area contributed by atoms with Crippen molar-refractivity contribution in [1.82, 2.24) is 29.2 Å². The minimum atomic E-state index is 0.784. The van der Waals surface area contributed by atoms with Crippen molar-refractivity contribution < 1.29 is 0 Å². The molecule has 4 heterocycles. The standard InChI is InChI=1S/C14H18N8S/c1-10-15-14(23-19-10)21-7-3-6-20(8-9-21)13-5-4-12-17-16-11(2)22(12)18-13/h4-5H,3,6-9H2,1-2H3. The second-order valence-electron chi connectivity index (χ2n) is 5.66. The minimum absolute atomic E-state index is 0.784. The van der Waals surface area contributed by atoms with Crippen molar-refractivity contribution in [3.8, 4) is 0 Å². The Morgan fingerprint density at radius 2 is 1.83 bits per heavy atom. The summed E-state index contributed by atoms with van der Waals surface area (Å²) in [6.07, 6.45) is 1.07. The lowest BCUT2D eigenvalue weighted by Gasteiger charge is -2.22. The number of fused-ring (bicyclic) bond motifs is 1. The van der Waals surface area contributed by atoms with Crippen LogP contribution in [0.3, 0.4) is 0 Å². The van der Waals surface area contributed by atoms with Gasteiger partial charge in [0.25, 0.3) is 0 Å². The number of rotatable bonds is 2. The molecule has 0 N–H and O–H groups in total. The van der Waals surface area contributed by atoms with Gasteiger partial charge in [-0.25, -0.2) is 4.98 Å². The maximum absolute atomic E-state index is 4.68. The molecule has 9 heteroatoms. The van der Waals surface area contributed by atoms with E-state index < -0.39 is 0 Å². The lowest BCUT2D eigenvalue weighted by molar-refractivity contribution is 0.769. The van der Waals surface area contributed by atoms with E-state index in [4.69, 9.17) is 0 Å². The molecule has 4 rings (SSSR count). The fourth-order valence-corrected chi connectivity index (χ4v) is 3.53. The minimum Gasteiger partial charge on any atom is -0.353 e. The van der Waals surface area contributed by atoms with Gasteiger partial charge >= 0.3 is 0 Å². The molecule has 0 aromatic carbocycles. The number of aromatic nitrogens is 6. The van der Waals surface area contributed by atoms with Gasteiger partial charge in [-0.3, -0.25) is 0 Å². The van der Waals surface area contributed by atoms with E-state index in [0.717, 1.165) is 60.8 Å². The van der Waals surface area contributed by atoms with Gasteiger partial charge in [0, 0.05) is 37.7 Å². The van der Waals surface area contributed by atoms with Crippen molar-refractivity contribution in [3.63, 3.8) is 0 Å². The van der Waals surface area contributed by atoms with Crippen molar-refractivity contribution >= 4 is 28.1 Å². The van der Waals surface area contributed by atoms with Gasteiger partial charge in [-0.15, -0.1) is 15.3 Å². The molecule has 1 aliphatic heterocycles. The zero-order valence-electron chi connectivity index (χ0n) is 13.2. The van der Waals surface area contributed by atoms with Gasteiger partial charge < -0.3 is 9.80 Å². The third-order valence-electron chi connectivity index (χ3n) is 4.01. The Kier molecular flexibility index (Phi) is 3.56. The molecular formula is C14H18N8S. The van der Waals surface area contributed by atoms with Crippen LogP contribution in [-0.2, 0) is 0 Å². The van der Waals surface area contributed by atoms with Gasteiger partial charge in [0.05, 0.1) is 0 Å². The summed E-state index contributed by atoms with van der Waals surface area (Å²) in [6.45, 7) is 7.67. The van der Waals surface area contributed by atoms with E-state index in [1.54, 1.807) is 4.52 Å². The molecule has 120 valence electrons. The predicted molar refractivity (Wildman–Crippen MR) is 89.2 cm³/mol. The Morgan fingerprint density at radius 3 is 2.65 bits per heavy atom. The highest BCUT2D eigenvalue weighted by Gasteiger charge is 2.19. The van der Waals surface area contributed by atoms with Crippen LogP contribution in [0.1, 0.15) is 18.1 Å². The number of hydrogen-bond donors (Lipinski definition) is 0. The summed E-state index contributed by atoms with van der Waals surface area (Å²) >= 11 is 1.48. The SMILES string of the molecule is Cc1nsc(N2CCCN(c3ccc4nnc(C)n4n3)CC2)n1. The van der Waals surface area contributed by atoms with Gasteiger partial charge in [0.2, 0.25) is 5.13 Å². The van der Waals surface area contributed by atoms with Crippen LogP contribution in [-0.4, -0.2) is 55.3 Å². The lowest BCUT2D eigenvalue weighted by atomic mass is 10.3. The van der Waals surface area contributed by atoms with Crippen LogP contribution >= 0.6 is 11.5 Å². The van der Waals surface area contributed by atoms with E-state index in [1.807, 2.05) is 26.0 Å². The number of anilines is 2. The monoisotopic (exact) mass is 330 g/mol. The molecule has 23 heavy (non-hydrogen) atoms. The summed E-state index contributed by atoms with van der Waals surface area (Å²) in [5, 5.41) is 13.8. The smallest absolute Gasteiger partial charge is 0.205 e. The maximum atomic E-state index is 4.68. The molecule has 0 spiro atoms. The fourth-order valence-electron chi connectivity index (χ4n) is 2.81. The highest BCUT2D eigenvalue weighted by molar-refractivity contribution is 7.09. The molecule has 8 nitrogen and oxygen atoms in total. The number of hydrogen-bond acceptors (Lipinski definition) is 8. The van der Waals surface area contributed by atoms with Crippen molar-refractivity contribution in [2.24, 2.45) is 0 Å². The third kappa shape index (κ3) is 2.72. The van der Waals surface area contributed by atoms with Crippen LogP contribution in [0.5, 0.6) is 0 Å². The average molecular weight is 330 g/mol. The van der Waals surface area contributed by atoms with Gasteiger partial charge in [-0.1, -0.05) is 0 Å². The van der Waals surface area contributed by atoms with Crippen LogP contribution in [0.25, 0.3) is 5.65 Å². The Hall–Kier alpha value is -2.29. The van der Waals surface area contributed by atoms with E-state index in [1.165, 1.54) is 11.5 Å². The molecule has 0 unspecified atom stereocenters. The molecule has 3 aromatic heterocycles. The van der Waals surface area contributed by atoms with Crippen molar-refractivity contribution in [3.05, 3.63) is 23.8 Å². The zero-order chi connectivity index (χ0) is 15.8. The predicted octanol–water partition coefficient (Wildman–Crippen LogP) is 1.31. The molecule has 0 atom stereocenters. The van der Waals surface area contributed by atoms with E-state index >= 15 is 0 Å². The third-order valence-corrected chi connectivity index (χ3v) is 4.88. The molecule has 3 aromatic rings. The van der Waals surface area contributed by atoms with Crippen molar-refractivity contribution in [2.75, 3.05) is 36.0 Å². The fraction of sp³-hybridized carbons (Fsp3) is 0.500. The summed E-state index contributed by atoms with van der Waals surface area (Å²) < 4.78 is 6.08. The number of nitrogens with zero attached hydrogens (tertiary/aromatic N) is 8. The largest absolute Gasteiger partial charge is 0.353 e. The highest BCUT2D eigenvalue weighted by atomic mass is 32.1. The first kappa shape index (κ1) is 14.3. The molecule has 1 fully saturated rings. The Bertz CT molecular complexity index is 825. The van der Waals surface area contributed by atoms with Crippen LogP contribution < -0.4 is 9.80 Å². The van der Waals surface area contributed by atoms with E-state index in [9.17, 15) is 0 Å². The summed E-state index contributed by atoms with van der Waals surface area (Å²) in [6, 6.07) is 3.99. The van der Waals surface area contributed by atoms with Gasteiger partial charge in [-0.05, 0) is 32.4 Å². The van der Waals surface area contributed by atoms with Gasteiger partial charge in [-0.2, -0.15) is 8.89 Å². The molecule has 0 radical (unpaired) electrons. The normalized spacial score (nSPS) is 16.1. The Balaban J connectivity index is 1.54. The molecule has 0 aliphatic carbocycles. The quantitative estimate of drug-likeness (QED) is 0.701. The first-order valence-electron chi connectivity index (χ1n) is 7.70. The zero-order valence-corrected chi connectivity index (χ0v) is 14.0. The average Bonchev–Trinajstić information content (AvgIpc) is 3.05. The van der Waals surface area contributed by atoms with E-state index in [0.29, 0.717) is 0 Å². The Labute approximate surface area is 137 Å². The summed E-state index contributed by atoms with van der Waals surface area (Å²) in [4.78, 5) is 9.12. The maximum Gasteiger partial charge on any atom is 0.205 e. The van der Waals surface area contributed by atoms with Gasteiger partial charge in [0.1, 0.15) is 11.6 Å². The first-order chi connectivity index (χ1) is 11.2. The van der Waals surface area contributed by atoms with E-state index in [-0.39, 0.29) is 0 Å². The van der Waals surface area contributed by atoms with Crippen molar-refractivity contribution in [1.29, 1.82) is 0 Å². The highest BCUT2D eigenvalue weighted by Crippen LogP contribution is 2.21. The summed E-state index contributed by atoms with van der Waals surface area (Å²) in [5.74, 6) is 2.62. The van der Waals surface area contributed by atoms with Crippen LogP contribution in [0.4, 0.5) is 10.9 Å². The van der Waals surface area contributed by atoms with Crippen LogP contribution in [0.15, 0.2) is 12.1 Å². The second-order valence-corrected chi connectivity index (χ2v) is 6.39. The van der Waals surface area contributed by atoms with Crippen molar-refractivity contribution in [2.45, 2.75) is 20.3 Å². The van der Waals surface area contributed by atoms with Crippen LogP contribution in [0.2, 0.25) is 0 Å². The first-order valence-corrected chi connectivity index (χ1v) is 8.47.